The van der Waals surface area contributed by atoms with Crippen molar-refractivity contribution in [2.45, 2.75) is 45.6 Å². The summed E-state index contributed by atoms with van der Waals surface area (Å²) in [4.78, 5) is 8.78. The van der Waals surface area contributed by atoms with Crippen molar-refractivity contribution in [1.29, 1.82) is 5.26 Å². The standard InChI is InChI=1S/C25H30F2N5OP/c1-24(2)10-16(12-29-14-24)31-23-30-13-20(25(3,26)27)21(32-23)18-8-9-19-17(18)7-6-15(11-28)22(19)34(4,5)33/h6-8,13,16,29H,9-10,12,14H2,1-5H3,(H,30,31,32)/t16-/m0/s1. The summed E-state index contributed by atoms with van der Waals surface area (Å²) in [5.41, 5.74) is 2.35. The molecule has 1 fully saturated rings. The molecule has 0 spiro atoms. The fourth-order valence-electron chi connectivity index (χ4n) is 5.00. The van der Waals surface area contributed by atoms with E-state index < -0.39 is 13.1 Å². The molecule has 34 heavy (non-hydrogen) atoms. The highest BCUT2D eigenvalue weighted by Crippen LogP contribution is 2.44. The molecule has 1 aliphatic carbocycles. The van der Waals surface area contributed by atoms with Crippen molar-refractivity contribution in [3.63, 3.8) is 0 Å². The van der Waals surface area contributed by atoms with Crippen molar-refractivity contribution in [2.24, 2.45) is 5.41 Å². The summed E-state index contributed by atoms with van der Waals surface area (Å²) < 4.78 is 42.2. The summed E-state index contributed by atoms with van der Waals surface area (Å²) >= 11 is 0. The molecule has 2 aliphatic rings. The lowest BCUT2D eigenvalue weighted by Gasteiger charge is -2.36. The van der Waals surface area contributed by atoms with Crippen molar-refractivity contribution in [3.05, 3.63) is 52.4 Å². The number of anilines is 1. The molecule has 0 saturated carbocycles. The molecule has 1 saturated heterocycles. The Bertz CT molecular complexity index is 1250. The van der Waals surface area contributed by atoms with Crippen LogP contribution in [0.15, 0.2) is 24.4 Å². The summed E-state index contributed by atoms with van der Waals surface area (Å²) in [6.45, 7) is 10.1. The number of piperidine rings is 1. The maximum Gasteiger partial charge on any atom is 0.274 e. The minimum Gasteiger partial charge on any atom is -0.350 e. The Kier molecular flexibility index (Phi) is 6.16. The number of nitriles is 1. The number of hydrogen-bond acceptors (Lipinski definition) is 6. The third kappa shape index (κ3) is 4.78. The number of allylic oxidation sites excluding steroid dienone is 1. The van der Waals surface area contributed by atoms with Crippen LogP contribution in [0.4, 0.5) is 14.7 Å². The number of halogens is 2. The van der Waals surface area contributed by atoms with E-state index in [4.69, 9.17) is 0 Å². The summed E-state index contributed by atoms with van der Waals surface area (Å²) in [5.74, 6) is -2.85. The predicted molar refractivity (Wildman–Crippen MR) is 131 cm³/mol. The largest absolute Gasteiger partial charge is 0.350 e. The van der Waals surface area contributed by atoms with Crippen LogP contribution in [0.5, 0.6) is 0 Å². The van der Waals surface area contributed by atoms with Gasteiger partial charge in [-0.3, -0.25) is 0 Å². The van der Waals surface area contributed by atoms with E-state index in [2.05, 4.69) is 40.5 Å². The lowest BCUT2D eigenvalue weighted by molar-refractivity contribution is 0.0165. The maximum atomic E-state index is 14.6. The van der Waals surface area contributed by atoms with Crippen molar-refractivity contribution < 1.29 is 13.3 Å². The molecule has 0 radical (unpaired) electrons. The number of benzene rings is 1. The second-order valence-corrected chi connectivity index (χ2v) is 13.6. The highest BCUT2D eigenvalue weighted by atomic mass is 31.2. The van der Waals surface area contributed by atoms with Crippen molar-refractivity contribution >= 4 is 24.0 Å². The summed E-state index contributed by atoms with van der Waals surface area (Å²) in [6, 6.07) is 5.56. The van der Waals surface area contributed by atoms with Gasteiger partial charge in [0.2, 0.25) is 5.95 Å². The van der Waals surface area contributed by atoms with E-state index in [1.54, 1.807) is 25.5 Å². The number of alkyl halides is 2. The number of nitrogens with zero attached hydrogens (tertiary/aromatic N) is 3. The zero-order valence-electron chi connectivity index (χ0n) is 20.2. The average Bonchev–Trinajstić information content (AvgIpc) is 3.14. The van der Waals surface area contributed by atoms with Gasteiger partial charge in [-0.25, -0.2) is 18.7 Å². The van der Waals surface area contributed by atoms with E-state index in [0.29, 0.717) is 34.4 Å². The van der Waals surface area contributed by atoms with Gasteiger partial charge in [0.1, 0.15) is 7.14 Å². The maximum absolute atomic E-state index is 14.6. The molecule has 1 aromatic carbocycles. The second kappa shape index (κ2) is 8.55. The Balaban J connectivity index is 1.79. The first-order valence-corrected chi connectivity index (χ1v) is 14.0. The third-order valence-corrected chi connectivity index (χ3v) is 7.97. The molecule has 0 bridgehead atoms. The molecule has 180 valence electrons. The number of fused-ring (bicyclic) bond motifs is 1. The van der Waals surface area contributed by atoms with Crippen LogP contribution in [-0.2, 0) is 16.9 Å². The highest BCUT2D eigenvalue weighted by molar-refractivity contribution is 7.70. The zero-order valence-corrected chi connectivity index (χ0v) is 21.1. The van der Waals surface area contributed by atoms with Crippen LogP contribution in [0.2, 0.25) is 0 Å². The first-order valence-electron chi connectivity index (χ1n) is 11.4. The molecule has 2 heterocycles. The first kappa shape index (κ1) is 24.5. The van der Waals surface area contributed by atoms with E-state index in [0.717, 1.165) is 32.0 Å². The van der Waals surface area contributed by atoms with Gasteiger partial charge in [0.05, 0.1) is 22.9 Å². The van der Waals surface area contributed by atoms with Gasteiger partial charge < -0.3 is 15.2 Å². The number of aromatic nitrogens is 2. The van der Waals surface area contributed by atoms with Crippen LogP contribution in [0, 0.1) is 16.7 Å². The molecule has 1 atom stereocenters. The smallest absolute Gasteiger partial charge is 0.274 e. The van der Waals surface area contributed by atoms with E-state index >= 15 is 0 Å². The van der Waals surface area contributed by atoms with Crippen molar-refractivity contribution in [1.82, 2.24) is 15.3 Å². The molecule has 6 nitrogen and oxygen atoms in total. The van der Waals surface area contributed by atoms with E-state index in [9.17, 15) is 18.6 Å². The van der Waals surface area contributed by atoms with Gasteiger partial charge in [0.15, 0.2) is 0 Å². The van der Waals surface area contributed by atoms with E-state index in [1.165, 1.54) is 6.20 Å². The van der Waals surface area contributed by atoms with Crippen LogP contribution >= 0.6 is 7.14 Å². The van der Waals surface area contributed by atoms with Gasteiger partial charge in [-0.05, 0) is 48.8 Å². The van der Waals surface area contributed by atoms with Gasteiger partial charge in [-0.1, -0.05) is 26.0 Å². The fourth-order valence-corrected chi connectivity index (χ4v) is 6.56. The molecule has 1 aliphatic heterocycles. The summed E-state index contributed by atoms with van der Waals surface area (Å²) in [7, 11) is -2.78. The zero-order chi connectivity index (χ0) is 24.9. The quantitative estimate of drug-likeness (QED) is 0.607. The summed E-state index contributed by atoms with van der Waals surface area (Å²) in [6.07, 6.45) is 4.33. The topological polar surface area (TPSA) is 90.7 Å². The predicted octanol–water partition coefficient (Wildman–Crippen LogP) is 4.50. The SMILES string of the molecule is CC1(C)CNC[C@@H](Nc2ncc(C(C)(F)F)c(C3=CCc4c3ccc(C#N)c4P(C)(C)=O)n2)C1. The molecule has 2 aromatic rings. The fraction of sp³-hybridized carbons (Fsp3) is 0.480. The highest BCUT2D eigenvalue weighted by Gasteiger charge is 2.35. The molecule has 2 N–H and O–H groups in total. The monoisotopic (exact) mass is 485 g/mol. The molecule has 1 aromatic heterocycles. The van der Waals surface area contributed by atoms with Crippen LogP contribution < -0.4 is 15.9 Å². The Morgan fingerprint density at radius 2 is 2.06 bits per heavy atom. The van der Waals surface area contributed by atoms with Crippen molar-refractivity contribution in [3.8, 4) is 6.07 Å². The van der Waals surface area contributed by atoms with E-state index in [-0.39, 0.29) is 22.7 Å². The van der Waals surface area contributed by atoms with Crippen LogP contribution in [0.25, 0.3) is 5.57 Å². The average molecular weight is 486 g/mol. The molecule has 4 rings (SSSR count). The second-order valence-electron chi connectivity index (χ2n) is 10.5. The minimum atomic E-state index is -3.15. The van der Waals surface area contributed by atoms with Crippen LogP contribution in [0.3, 0.4) is 0 Å². The van der Waals surface area contributed by atoms with E-state index in [1.807, 2.05) is 6.08 Å². The van der Waals surface area contributed by atoms with Gasteiger partial charge in [-0.15, -0.1) is 0 Å². The van der Waals surface area contributed by atoms with Gasteiger partial charge in [0, 0.05) is 43.1 Å². The Morgan fingerprint density at radius 1 is 1.32 bits per heavy atom. The minimum absolute atomic E-state index is 0.0743. The van der Waals surface area contributed by atoms with Crippen LogP contribution in [0.1, 0.15) is 55.1 Å². The molecular formula is C25H30F2N5OP. The Labute approximate surface area is 199 Å². The third-order valence-electron chi connectivity index (χ3n) is 6.39. The lowest BCUT2D eigenvalue weighted by Crippen LogP contribution is -2.47. The van der Waals surface area contributed by atoms with Crippen LogP contribution in [-0.4, -0.2) is 42.4 Å². The number of hydrogen-bond donors (Lipinski definition) is 2. The first-order chi connectivity index (χ1) is 15.8. The normalized spacial score (nSPS) is 19.8. The van der Waals surface area contributed by atoms with Crippen molar-refractivity contribution in [2.75, 3.05) is 31.7 Å². The molecule has 0 amide bonds. The number of nitrogens with one attached hydrogen (secondary N) is 2. The molecule has 0 unspecified atom stereocenters. The molecular weight excluding hydrogens is 455 g/mol. The number of rotatable bonds is 5. The Hall–Kier alpha value is -2.62. The summed E-state index contributed by atoms with van der Waals surface area (Å²) in [5, 5.41) is 16.8. The van der Waals surface area contributed by atoms with Gasteiger partial charge in [0.25, 0.3) is 5.92 Å². The molecule has 9 heteroatoms. The van der Waals surface area contributed by atoms with Gasteiger partial charge in [-0.2, -0.15) is 5.26 Å². The Morgan fingerprint density at radius 3 is 2.68 bits per heavy atom. The van der Waals surface area contributed by atoms with Gasteiger partial charge >= 0.3 is 0 Å². The lowest BCUT2D eigenvalue weighted by atomic mass is 9.83.